The zero-order chi connectivity index (χ0) is 11.9. The van der Waals surface area contributed by atoms with Crippen LogP contribution < -0.4 is 5.32 Å². The summed E-state index contributed by atoms with van der Waals surface area (Å²) in [5.41, 5.74) is 0. The van der Waals surface area contributed by atoms with Crippen molar-refractivity contribution in [1.29, 1.82) is 0 Å². The zero-order valence-corrected chi connectivity index (χ0v) is 8.86. The molecule has 0 aliphatic rings. The Labute approximate surface area is 87.0 Å². The molecule has 0 saturated carbocycles. The Morgan fingerprint density at radius 2 is 2.07 bits per heavy atom. The lowest BCUT2D eigenvalue weighted by Gasteiger charge is -2.15. The number of ether oxygens (including phenoxy) is 1. The number of nitrogens with one attached hydrogen (secondary N) is 1. The van der Waals surface area contributed by atoms with Gasteiger partial charge in [0.2, 0.25) is 0 Å². The molecule has 0 radical (unpaired) electrons. The van der Waals surface area contributed by atoms with Crippen molar-refractivity contribution < 1.29 is 22.7 Å². The van der Waals surface area contributed by atoms with Gasteiger partial charge in [0, 0.05) is 12.5 Å². The van der Waals surface area contributed by atoms with Gasteiger partial charge in [0.05, 0.1) is 13.5 Å². The van der Waals surface area contributed by atoms with Crippen LogP contribution in [0.2, 0.25) is 0 Å². The molecular weight excluding hydrogens is 211 g/mol. The van der Waals surface area contributed by atoms with Crippen LogP contribution in [-0.4, -0.2) is 31.8 Å². The molecule has 0 aromatic rings. The maximum absolute atomic E-state index is 11.9. The Balaban J connectivity index is 3.47. The van der Waals surface area contributed by atoms with Gasteiger partial charge < -0.3 is 10.1 Å². The second-order valence-electron chi connectivity index (χ2n) is 3.35. The van der Waals surface area contributed by atoms with Crippen molar-refractivity contribution in [2.75, 3.05) is 13.7 Å². The monoisotopic (exact) mass is 227 g/mol. The molecule has 0 aliphatic heterocycles. The third kappa shape index (κ3) is 9.52. The topological polar surface area (TPSA) is 38.3 Å². The molecule has 0 spiro atoms. The SMILES string of the molecule is COC(=O)CCCNC(C)CC(F)(F)F. The second kappa shape index (κ2) is 6.66. The smallest absolute Gasteiger partial charge is 0.390 e. The summed E-state index contributed by atoms with van der Waals surface area (Å²) in [7, 11) is 1.28. The standard InChI is InChI=1S/C9H16F3NO2/c1-7(6-9(10,11)12)13-5-3-4-8(14)15-2/h7,13H,3-6H2,1-2H3. The Morgan fingerprint density at radius 1 is 1.47 bits per heavy atom. The fourth-order valence-corrected chi connectivity index (χ4v) is 1.10. The Kier molecular flexibility index (Phi) is 6.31. The summed E-state index contributed by atoms with van der Waals surface area (Å²) in [4.78, 5) is 10.7. The van der Waals surface area contributed by atoms with Gasteiger partial charge in [0.1, 0.15) is 0 Å². The van der Waals surface area contributed by atoms with E-state index < -0.39 is 18.6 Å². The van der Waals surface area contributed by atoms with Crippen LogP contribution in [-0.2, 0) is 9.53 Å². The first-order valence-corrected chi connectivity index (χ1v) is 4.72. The van der Waals surface area contributed by atoms with Gasteiger partial charge in [-0.2, -0.15) is 13.2 Å². The Bertz CT molecular complexity index is 194. The summed E-state index contributed by atoms with van der Waals surface area (Å²) >= 11 is 0. The van der Waals surface area contributed by atoms with Crippen LogP contribution in [0.25, 0.3) is 0 Å². The van der Waals surface area contributed by atoms with E-state index in [9.17, 15) is 18.0 Å². The van der Waals surface area contributed by atoms with Crippen LogP contribution in [0, 0.1) is 0 Å². The number of halogens is 3. The number of carbonyl (C=O) groups excluding carboxylic acids is 1. The van der Waals surface area contributed by atoms with Crippen molar-refractivity contribution in [1.82, 2.24) is 5.32 Å². The molecule has 0 amide bonds. The molecule has 90 valence electrons. The van der Waals surface area contributed by atoms with Crippen molar-refractivity contribution in [2.45, 2.75) is 38.4 Å². The molecule has 1 unspecified atom stereocenters. The summed E-state index contributed by atoms with van der Waals surface area (Å²) in [5.74, 6) is -0.347. The van der Waals surface area contributed by atoms with E-state index in [1.807, 2.05) is 0 Å². The van der Waals surface area contributed by atoms with Gasteiger partial charge in [0.25, 0.3) is 0 Å². The second-order valence-corrected chi connectivity index (χ2v) is 3.35. The van der Waals surface area contributed by atoms with Crippen molar-refractivity contribution in [3.63, 3.8) is 0 Å². The first-order valence-electron chi connectivity index (χ1n) is 4.72. The van der Waals surface area contributed by atoms with Crippen LogP contribution in [0.1, 0.15) is 26.2 Å². The van der Waals surface area contributed by atoms with Crippen LogP contribution in [0.3, 0.4) is 0 Å². The van der Waals surface area contributed by atoms with Crippen LogP contribution in [0.15, 0.2) is 0 Å². The molecule has 1 atom stereocenters. The molecule has 0 bridgehead atoms. The van der Waals surface area contributed by atoms with Gasteiger partial charge in [0.15, 0.2) is 0 Å². The van der Waals surface area contributed by atoms with Gasteiger partial charge in [-0.25, -0.2) is 0 Å². The van der Waals surface area contributed by atoms with Crippen molar-refractivity contribution in [2.24, 2.45) is 0 Å². The average Bonchev–Trinajstić information content (AvgIpc) is 2.09. The predicted molar refractivity (Wildman–Crippen MR) is 49.4 cm³/mol. The summed E-state index contributed by atoms with van der Waals surface area (Å²) in [5, 5.41) is 2.69. The lowest BCUT2D eigenvalue weighted by atomic mass is 10.2. The molecule has 1 N–H and O–H groups in total. The summed E-state index contributed by atoms with van der Waals surface area (Å²) in [6.45, 7) is 1.85. The molecule has 0 heterocycles. The fourth-order valence-electron chi connectivity index (χ4n) is 1.10. The molecule has 0 saturated heterocycles. The van der Waals surface area contributed by atoms with Gasteiger partial charge in [-0.05, 0) is 19.9 Å². The molecular formula is C9H16F3NO2. The number of hydrogen-bond donors (Lipinski definition) is 1. The fraction of sp³-hybridized carbons (Fsp3) is 0.889. The molecule has 3 nitrogen and oxygen atoms in total. The zero-order valence-electron chi connectivity index (χ0n) is 8.86. The molecule has 0 aromatic carbocycles. The maximum Gasteiger partial charge on any atom is 0.390 e. The molecule has 0 fully saturated rings. The highest BCUT2D eigenvalue weighted by Crippen LogP contribution is 2.21. The summed E-state index contributed by atoms with van der Waals surface area (Å²) in [6, 6.07) is -0.623. The van der Waals surface area contributed by atoms with Crippen molar-refractivity contribution in [3.8, 4) is 0 Å². The van der Waals surface area contributed by atoms with Crippen LogP contribution in [0.5, 0.6) is 0 Å². The van der Waals surface area contributed by atoms with E-state index in [-0.39, 0.29) is 12.4 Å². The number of esters is 1. The van der Waals surface area contributed by atoms with Crippen molar-refractivity contribution in [3.05, 3.63) is 0 Å². The van der Waals surface area contributed by atoms with Gasteiger partial charge >= 0.3 is 12.1 Å². The lowest BCUT2D eigenvalue weighted by molar-refractivity contribution is -0.141. The van der Waals surface area contributed by atoms with Crippen molar-refractivity contribution >= 4 is 5.97 Å². The summed E-state index contributed by atoms with van der Waals surface area (Å²) in [6.07, 6.45) is -4.29. The Hall–Kier alpha value is -0.780. The molecule has 0 aromatic heterocycles. The lowest BCUT2D eigenvalue weighted by Crippen LogP contribution is -2.32. The van der Waals surface area contributed by atoms with E-state index in [0.717, 1.165) is 0 Å². The van der Waals surface area contributed by atoms with Crippen LogP contribution in [0.4, 0.5) is 13.2 Å². The molecule has 15 heavy (non-hydrogen) atoms. The Morgan fingerprint density at radius 3 is 2.53 bits per heavy atom. The minimum absolute atomic E-state index is 0.224. The highest BCUT2D eigenvalue weighted by molar-refractivity contribution is 5.69. The predicted octanol–water partition coefficient (Wildman–Crippen LogP) is 1.87. The third-order valence-electron chi connectivity index (χ3n) is 1.82. The maximum atomic E-state index is 11.9. The van der Waals surface area contributed by atoms with E-state index in [2.05, 4.69) is 10.1 Å². The van der Waals surface area contributed by atoms with E-state index in [1.54, 1.807) is 0 Å². The first-order chi connectivity index (χ1) is 6.85. The number of methoxy groups -OCH3 is 1. The van der Waals surface area contributed by atoms with E-state index in [0.29, 0.717) is 13.0 Å². The number of hydrogen-bond acceptors (Lipinski definition) is 3. The first kappa shape index (κ1) is 14.2. The number of carbonyl (C=O) groups is 1. The number of rotatable bonds is 6. The quantitative estimate of drug-likeness (QED) is 0.556. The highest BCUT2D eigenvalue weighted by Gasteiger charge is 2.29. The average molecular weight is 227 g/mol. The molecule has 6 heteroatoms. The van der Waals surface area contributed by atoms with E-state index >= 15 is 0 Å². The van der Waals surface area contributed by atoms with E-state index in [1.165, 1.54) is 14.0 Å². The van der Waals surface area contributed by atoms with Crippen LogP contribution >= 0.6 is 0 Å². The summed E-state index contributed by atoms with van der Waals surface area (Å²) < 4.78 is 40.0. The minimum Gasteiger partial charge on any atom is -0.469 e. The minimum atomic E-state index is -4.14. The highest BCUT2D eigenvalue weighted by atomic mass is 19.4. The normalized spacial score (nSPS) is 13.7. The van der Waals surface area contributed by atoms with Gasteiger partial charge in [-0.3, -0.25) is 4.79 Å². The number of alkyl halides is 3. The molecule has 0 rings (SSSR count). The van der Waals surface area contributed by atoms with E-state index in [4.69, 9.17) is 0 Å². The molecule has 0 aliphatic carbocycles. The largest absolute Gasteiger partial charge is 0.469 e. The third-order valence-corrected chi connectivity index (χ3v) is 1.82. The van der Waals surface area contributed by atoms with Gasteiger partial charge in [-0.15, -0.1) is 0 Å². The van der Waals surface area contributed by atoms with Gasteiger partial charge in [-0.1, -0.05) is 0 Å².